The van der Waals surface area contributed by atoms with E-state index in [0.717, 1.165) is 18.4 Å². The lowest BCUT2D eigenvalue weighted by Gasteiger charge is -2.30. The number of carbonyl (C=O) groups excluding carboxylic acids is 2. The number of rotatable bonds is 3. The Morgan fingerprint density at radius 2 is 1.79 bits per heavy atom. The molecule has 2 aromatic rings. The number of alkyl halides is 1. The van der Waals surface area contributed by atoms with Gasteiger partial charge in [0.2, 0.25) is 0 Å². The Morgan fingerprint density at radius 3 is 2.45 bits per heavy atom. The number of pyridine rings is 1. The zero-order valence-corrected chi connectivity index (χ0v) is 17.4. The van der Waals surface area contributed by atoms with Crippen molar-refractivity contribution < 1.29 is 19.1 Å². The summed E-state index contributed by atoms with van der Waals surface area (Å²) in [5.74, 6) is -1.71. The maximum atomic E-state index is 13.1. The lowest BCUT2D eigenvalue weighted by molar-refractivity contribution is 0.0721. The van der Waals surface area contributed by atoms with Crippen LogP contribution in [0.5, 0.6) is 5.75 Å². The summed E-state index contributed by atoms with van der Waals surface area (Å²) in [6, 6.07) is 5.93. The molecule has 0 radical (unpaired) electrons. The first-order valence-electron chi connectivity index (χ1n) is 9.39. The number of fused-ring (bicyclic) bond motifs is 3. The Bertz CT molecular complexity index is 1110. The van der Waals surface area contributed by atoms with Crippen LogP contribution in [0.25, 0.3) is 0 Å². The molecule has 2 aliphatic heterocycles. The highest BCUT2D eigenvalue weighted by Crippen LogP contribution is 2.43. The number of aromatic hydroxyl groups is 1. The molecule has 0 bridgehead atoms. The van der Waals surface area contributed by atoms with E-state index in [2.05, 4.69) is 0 Å². The molecule has 2 amide bonds. The first kappa shape index (κ1) is 18.6. The number of hydrogen-bond acceptors (Lipinski definition) is 4. The highest BCUT2D eigenvalue weighted by molar-refractivity contribution is 14.1. The van der Waals surface area contributed by atoms with Gasteiger partial charge in [-0.05, 0) is 59.5 Å². The van der Waals surface area contributed by atoms with E-state index in [1.165, 1.54) is 21.6 Å². The maximum Gasteiger partial charge on any atom is 0.296 e. The molecule has 150 valence electrons. The van der Waals surface area contributed by atoms with Gasteiger partial charge in [0.15, 0.2) is 9.92 Å². The van der Waals surface area contributed by atoms with E-state index in [1.54, 1.807) is 17.0 Å². The average Bonchev–Trinajstić information content (AvgIpc) is 3.48. The van der Waals surface area contributed by atoms with Crippen LogP contribution in [-0.2, 0) is 13.0 Å². The van der Waals surface area contributed by atoms with Gasteiger partial charge in [0.1, 0.15) is 11.5 Å². The van der Waals surface area contributed by atoms with Crippen molar-refractivity contribution in [3.63, 3.8) is 0 Å². The number of hydrogen-bond donors (Lipinski definition) is 1. The van der Waals surface area contributed by atoms with E-state index in [1.807, 2.05) is 22.6 Å². The normalized spacial score (nSPS) is 20.8. The van der Waals surface area contributed by atoms with Gasteiger partial charge < -0.3 is 14.9 Å². The van der Waals surface area contributed by atoms with Crippen molar-refractivity contribution in [2.75, 3.05) is 6.54 Å². The minimum Gasteiger partial charge on any atom is -0.502 e. The standard InChI is InChI=1S/C20H17FIN3O4/c21-11-3-1-10(2-4-11)9-23-8-7-13-14(17(23)27)16(26)19(29)25-15(13)18(28)24(20(25)22)12-5-6-12/h1-4,12,20,26H,5-9H2/t20-/m0/s1. The second-order valence-electron chi connectivity index (χ2n) is 7.58. The van der Waals surface area contributed by atoms with Gasteiger partial charge in [0.05, 0.1) is 5.56 Å². The molecule has 1 saturated carbocycles. The summed E-state index contributed by atoms with van der Waals surface area (Å²) in [7, 11) is 0. The summed E-state index contributed by atoms with van der Waals surface area (Å²) >= 11 is 2.03. The smallest absolute Gasteiger partial charge is 0.296 e. The van der Waals surface area contributed by atoms with E-state index in [4.69, 9.17) is 0 Å². The van der Waals surface area contributed by atoms with Crippen molar-refractivity contribution in [2.24, 2.45) is 0 Å². The summed E-state index contributed by atoms with van der Waals surface area (Å²) in [5, 5.41) is 10.6. The van der Waals surface area contributed by atoms with Crippen LogP contribution in [0.3, 0.4) is 0 Å². The molecule has 7 nitrogen and oxygen atoms in total. The quantitative estimate of drug-likeness (QED) is 0.392. The SMILES string of the molecule is O=C1c2c(c3n(c(=O)c2O)[C@@H](I)N(C2CC2)C3=O)CCN1Cc1ccc(F)cc1. The third kappa shape index (κ3) is 2.77. The molecule has 1 fully saturated rings. The number of nitrogens with zero attached hydrogens (tertiary/aromatic N) is 3. The van der Waals surface area contributed by atoms with Gasteiger partial charge in [0.25, 0.3) is 17.4 Å². The molecular formula is C20H17FIN3O4. The topological polar surface area (TPSA) is 82.8 Å². The molecule has 0 spiro atoms. The fourth-order valence-corrected chi connectivity index (χ4v) is 5.38. The molecule has 1 atom stereocenters. The minimum atomic E-state index is -0.716. The van der Waals surface area contributed by atoms with Crippen LogP contribution in [-0.4, -0.2) is 43.9 Å². The van der Waals surface area contributed by atoms with E-state index in [-0.39, 0.29) is 35.6 Å². The molecule has 1 N–H and O–H groups in total. The molecule has 1 aromatic heterocycles. The van der Waals surface area contributed by atoms with E-state index in [9.17, 15) is 23.9 Å². The number of benzene rings is 1. The van der Waals surface area contributed by atoms with Gasteiger partial charge >= 0.3 is 0 Å². The maximum absolute atomic E-state index is 13.1. The minimum absolute atomic E-state index is 0.0794. The monoisotopic (exact) mass is 509 g/mol. The molecule has 5 rings (SSSR count). The van der Waals surface area contributed by atoms with Crippen molar-refractivity contribution in [2.45, 2.75) is 36.0 Å². The van der Waals surface area contributed by atoms with E-state index in [0.29, 0.717) is 18.5 Å². The van der Waals surface area contributed by atoms with Crippen LogP contribution in [0, 0.1) is 5.82 Å². The van der Waals surface area contributed by atoms with Gasteiger partial charge in [-0.2, -0.15) is 0 Å². The first-order valence-corrected chi connectivity index (χ1v) is 10.6. The third-order valence-electron chi connectivity index (χ3n) is 5.73. The van der Waals surface area contributed by atoms with Gasteiger partial charge in [0, 0.05) is 24.7 Å². The lowest BCUT2D eigenvalue weighted by atomic mass is 9.96. The second kappa shape index (κ2) is 6.54. The Hall–Kier alpha value is -2.43. The molecule has 0 saturated heterocycles. The zero-order valence-electron chi connectivity index (χ0n) is 15.3. The highest BCUT2D eigenvalue weighted by atomic mass is 127. The Balaban J connectivity index is 1.56. The van der Waals surface area contributed by atoms with Crippen molar-refractivity contribution in [3.05, 3.63) is 62.8 Å². The summed E-state index contributed by atoms with van der Waals surface area (Å²) < 4.78 is 14.0. The van der Waals surface area contributed by atoms with Crippen molar-refractivity contribution >= 4 is 34.4 Å². The summed E-state index contributed by atoms with van der Waals surface area (Å²) in [5.41, 5.74) is 0.612. The van der Waals surface area contributed by atoms with E-state index >= 15 is 0 Å². The molecule has 3 heterocycles. The van der Waals surface area contributed by atoms with Crippen LogP contribution in [0.2, 0.25) is 0 Å². The van der Waals surface area contributed by atoms with Crippen LogP contribution < -0.4 is 5.56 Å². The molecule has 9 heteroatoms. The lowest BCUT2D eigenvalue weighted by Crippen LogP contribution is -2.40. The molecule has 1 aromatic carbocycles. The molecule has 3 aliphatic rings. The summed E-state index contributed by atoms with van der Waals surface area (Å²) in [4.78, 5) is 42.2. The fourth-order valence-electron chi connectivity index (χ4n) is 4.14. The number of amides is 2. The third-order valence-corrected chi connectivity index (χ3v) is 6.88. The van der Waals surface area contributed by atoms with Crippen LogP contribution in [0.1, 0.15) is 49.0 Å². The van der Waals surface area contributed by atoms with E-state index < -0.39 is 21.4 Å². The first-order chi connectivity index (χ1) is 13.9. The van der Waals surface area contributed by atoms with Crippen molar-refractivity contribution in [3.8, 4) is 5.75 Å². The molecular weight excluding hydrogens is 492 g/mol. The predicted molar refractivity (Wildman–Crippen MR) is 109 cm³/mol. The highest BCUT2D eigenvalue weighted by Gasteiger charge is 2.48. The largest absolute Gasteiger partial charge is 0.502 e. The van der Waals surface area contributed by atoms with Gasteiger partial charge in [-0.15, -0.1) is 0 Å². The average molecular weight is 509 g/mol. The van der Waals surface area contributed by atoms with Crippen LogP contribution in [0.4, 0.5) is 4.39 Å². The molecule has 1 aliphatic carbocycles. The molecule has 29 heavy (non-hydrogen) atoms. The number of carbonyl (C=O) groups is 2. The van der Waals surface area contributed by atoms with Crippen LogP contribution in [0.15, 0.2) is 29.1 Å². The molecule has 0 unspecified atom stereocenters. The predicted octanol–water partition coefficient (Wildman–Crippen LogP) is 2.40. The van der Waals surface area contributed by atoms with Crippen LogP contribution >= 0.6 is 22.6 Å². The van der Waals surface area contributed by atoms with Gasteiger partial charge in [-0.25, -0.2) is 4.39 Å². The Morgan fingerprint density at radius 1 is 1.10 bits per heavy atom. The van der Waals surface area contributed by atoms with Crippen molar-refractivity contribution in [1.29, 1.82) is 0 Å². The van der Waals surface area contributed by atoms with Gasteiger partial charge in [-0.3, -0.25) is 19.0 Å². The fraction of sp³-hybridized carbons (Fsp3) is 0.350. The van der Waals surface area contributed by atoms with Crippen molar-refractivity contribution in [1.82, 2.24) is 14.4 Å². The Labute approximate surface area is 178 Å². The second-order valence-corrected chi connectivity index (χ2v) is 8.70. The Kier molecular flexibility index (Phi) is 4.19. The summed E-state index contributed by atoms with van der Waals surface area (Å²) in [6.45, 7) is 0.573. The number of halogens is 2. The number of aromatic nitrogens is 1. The summed E-state index contributed by atoms with van der Waals surface area (Å²) in [6.07, 6.45) is 2.15. The zero-order chi connectivity index (χ0) is 20.4. The van der Waals surface area contributed by atoms with Gasteiger partial charge in [-0.1, -0.05) is 12.1 Å².